The molecule has 0 aliphatic heterocycles. The number of alkyl halides is 6. The summed E-state index contributed by atoms with van der Waals surface area (Å²) in [6, 6.07) is 24.3. The molecule has 0 spiro atoms. The van der Waals surface area contributed by atoms with Crippen LogP contribution in [0.2, 0.25) is 0 Å². The Bertz CT molecular complexity index is 1950. The summed E-state index contributed by atoms with van der Waals surface area (Å²) in [4.78, 5) is 0. The molecular weight excluding hydrogens is 853 g/mol. The van der Waals surface area contributed by atoms with E-state index in [9.17, 15) is 26.3 Å². The minimum absolute atomic E-state index is 0. The summed E-state index contributed by atoms with van der Waals surface area (Å²) >= 11 is 0.729. The van der Waals surface area contributed by atoms with Crippen LogP contribution in [0.3, 0.4) is 0 Å². The number of hydrogen-bond acceptors (Lipinski definition) is 0. The molecule has 0 aromatic heterocycles. The molecule has 0 saturated carbocycles. The molecule has 0 heterocycles. The van der Waals surface area contributed by atoms with Gasteiger partial charge in [-0.05, 0) is 28.4 Å². The van der Waals surface area contributed by atoms with Crippen LogP contribution >= 0.6 is 0 Å². The molecule has 9 heteroatoms. The molecule has 0 bridgehead atoms. The maximum absolute atomic E-state index is 12.7. The first kappa shape index (κ1) is 50.4. The van der Waals surface area contributed by atoms with E-state index in [-0.39, 0.29) is 52.2 Å². The molecule has 57 heavy (non-hydrogen) atoms. The van der Waals surface area contributed by atoms with Crippen molar-refractivity contribution in [3.05, 3.63) is 153 Å². The Hall–Kier alpha value is -2.73. The number of rotatable bonds is 3. The smallest absolute Gasteiger partial charge is 1.00 e. The molecule has 0 radical (unpaired) electrons. The summed E-state index contributed by atoms with van der Waals surface area (Å²) in [6.07, 6.45) is -0.0412. The van der Waals surface area contributed by atoms with E-state index in [0.717, 1.165) is 54.9 Å². The fraction of sp³-hybridized carbons (Fsp3) is 0.396. The minimum atomic E-state index is -4.49. The zero-order chi connectivity index (χ0) is 41.3. The Morgan fingerprint density at radius 1 is 0.632 bits per heavy atom. The number of hydrogen-bond donors (Lipinski definition) is 0. The summed E-state index contributed by atoms with van der Waals surface area (Å²) < 4.78 is 76.7. The fourth-order valence-corrected chi connectivity index (χ4v) is 6.99. The number of fused-ring (bicyclic) bond motifs is 3. The molecule has 0 nitrogen and oxygen atoms in total. The molecule has 1 unspecified atom stereocenters. The topological polar surface area (TPSA) is 0 Å². The van der Waals surface area contributed by atoms with Crippen LogP contribution in [0, 0.1) is 29.4 Å². The molecule has 1 atom stereocenters. The van der Waals surface area contributed by atoms with Crippen LogP contribution in [0.15, 0.2) is 96.6 Å². The Morgan fingerprint density at radius 3 is 1.54 bits per heavy atom. The molecule has 0 fully saturated rings. The average Bonchev–Trinajstić information content (AvgIpc) is 3.73. The van der Waals surface area contributed by atoms with Crippen molar-refractivity contribution in [3.63, 3.8) is 0 Å². The van der Waals surface area contributed by atoms with Gasteiger partial charge in [0.25, 0.3) is 0 Å². The van der Waals surface area contributed by atoms with E-state index in [1.165, 1.54) is 63.2 Å². The van der Waals surface area contributed by atoms with Crippen molar-refractivity contribution in [3.8, 4) is 11.1 Å². The van der Waals surface area contributed by atoms with Gasteiger partial charge in [0, 0.05) is 0 Å². The van der Waals surface area contributed by atoms with Gasteiger partial charge >= 0.3 is 137 Å². The van der Waals surface area contributed by atoms with E-state index < -0.39 is 23.5 Å². The second kappa shape index (κ2) is 19.1. The molecule has 2 aliphatic carbocycles. The zero-order valence-corrected chi connectivity index (χ0v) is 38.5. The van der Waals surface area contributed by atoms with Crippen LogP contribution < -0.4 is 24.8 Å². The van der Waals surface area contributed by atoms with Gasteiger partial charge in [0.1, 0.15) is 0 Å². The van der Waals surface area contributed by atoms with Crippen molar-refractivity contribution in [2.75, 3.05) is 0 Å². The van der Waals surface area contributed by atoms with Gasteiger partial charge in [-0.25, -0.2) is 6.08 Å². The van der Waals surface area contributed by atoms with Crippen LogP contribution in [0.5, 0.6) is 0 Å². The third kappa shape index (κ3) is 13.4. The first-order valence-corrected chi connectivity index (χ1v) is 19.8. The summed E-state index contributed by atoms with van der Waals surface area (Å²) in [7, 11) is 0. The summed E-state index contributed by atoms with van der Waals surface area (Å²) in [5.74, 6) is 1.22. The van der Waals surface area contributed by atoms with Crippen molar-refractivity contribution < 1.29 is 75.4 Å². The Balaban J connectivity index is 0.000000302. The van der Waals surface area contributed by atoms with Crippen LogP contribution in [0.25, 0.3) is 11.1 Å². The van der Waals surface area contributed by atoms with Gasteiger partial charge in [-0.3, -0.25) is 6.08 Å². The first-order valence-electron chi connectivity index (χ1n) is 18.6. The summed E-state index contributed by atoms with van der Waals surface area (Å²) in [5.41, 5.74) is 9.32. The summed E-state index contributed by atoms with van der Waals surface area (Å²) in [5, 5.41) is 0. The van der Waals surface area contributed by atoms with E-state index >= 15 is 0 Å². The summed E-state index contributed by atoms with van der Waals surface area (Å²) in [6.45, 7) is 24.8. The standard InChI is InChI=1S/C21H25.C15H8F6.C12H19.2ClH.Zr/c1-20(2,3)16-7-9-18-14(12-16)11-15-13-17(21(4,5)6)8-10-19(15)18;16-14(17,18)12-5-1-3-10(8-12)7-11-4-2-6-13(9-11)15(19,20)21;1-9(2)10-6-7-11(8-10)12(3,4)5;;;/h7-10,12H,11H2,1-6H3;1-6,8-9H;7-10H,1-5H3;2*1H;/q-1;;-1;;;+2/p-2. The van der Waals surface area contributed by atoms with Crippen LogP contribution in [-0.2, 0) is 53.8 Å². The third-order valence-electron chi connectivity index (χ3n) is 9.80. The van der Waals surface area contributed by atoms with Gasteiger partial charge < -0.3 is 24.8 Å². The second-order valence-electron chi connectivity index (χ2n) is 17.8. The van der Waals surface area contributed by atoms with Crippen molar-refractivity contribution in [2.24, 2.45) is 17.3 Å². The Kier molecular flexibility index (Phi) is 16.9. The van der Waals surface area contributed by atoms with Gasteiger partial charge in [-0.1, -0.05) is 117 Å². The Morgan fingerprint density at radius 2 is 1.14 bits per heavy atom. The minimum Gasteiger partial charge on any atom is -1.00 e. The van der Waals surface area contributed by atoms with E-state index in [0.29, 0.717) is 15.0 Å². The predicted octanol–water partition coefficient (Wildman–Crippen LogP) is 8.10. The van der Waals surface area contributed by atoms with E-state index in [1.54, 1.807) is 0 Å². The van der Waals surface area contributed by atoms with Crippen molar-refractivity contribution in [1.82, 2.24) is 0 Å². The SMILES string of the molecule is CC(C)(C)c1[c-]c2c(cc1)-c1ccc(C(C)(C)C)cc1C2.CC(C)C1[C-]=CC(C(C)(C)C)=C1.FC(F)(F)c1cccc([C](=[Zr+2])c2cccc(C(F)(F)F)c2)c1.[Cl-].[Cl-]. The zero-order valence-electron chi connectivity index (χ0n) is 34.5. The van der Waals surface area contributed by atoms with Crippen molar-refractivity contribution in [2.45, 2.75) is 106 Å². The maximum Gasteiger partial charge on any atom is -1.00 e. The van der Waals surface area contributed by atoms with Crippen molar-refractivity contribution >= 4 is 3.21 Å². The number of benzene rings is 4. The first-order chi connectivity index (χ1) is 25.2. The maximum atomic E-state index is 12.7. The third-order valence-corrected chi connectivity index (χ3v) is 11.2. The molecule has 4 aromatic rings. The number of halogens is 8. The van der Waals surface area contributed by atoms with Crippen LogP contribution in [-0.4, -0.2) is 3.21 Å². The molecule has 2 aliphatic rings. The quantitative estimate of drug-likeness (QED) is 0.127. The molecule has 6 rings (SSSR count). The second-order valence-corrected chi connectivity index (χ2v) is 19.0. The molecule has 0 amide bonds. The fourth-order valence-electron chi connectivity index (χ4n) is 6.22. The van der Waals surface area contributed by atoms with Gasteiger partial charge in [-0.15, -0.1) is 11.1 Å². The average molecular weight is 905 g/mol. The molecule has 306 valence electrons. The molecule has 0 N–H and O–H groups in total. The largest absolute Gasteiger partial charge is 1.00 e. The molecule has 0 saturated heterocycles. The monoisotopic (exact) mass is 902 g/mol. The van der Waals surface area contributed by atoms with E-state index in [2.05, 4.69) is 131 Å². The number of allylic oxidation sites excluding steroid dienone is 4. The van der Waals surface area contributed by atoms with Gasteiger partial charge in [-0.2, -0.15) is 35.4 Å². The predicted molar refractivity (Wildman–Crippen MR) is 211 cm³/mol. The van der Waals surface area contributed by atoms with Gasteiger partial charge in [0.15, 0.2) is 0 Å². The van der Waals surface area contributed by atoms with Gasteiger partial charge in [0.2, 0.25) is 0 Å². The Labute approximate surface area is 363 Å². The normalized spacial score (nSPS) is 14.9. The van der Waals surface area contributed by atoms with E-state index in [1.807, 2.05) is 0 Å². The van der Waals surface area contributed by atoms with Crippen LogP contribution in [0.4, 0.5) is 26.3 Å². The van der Waals surface area contributed by atoms with Gasteiger partial charge in [0.05, 0.1) is 0 Å². The van der Waals surface area contributed by atoms with Crippen molar-refractivity contribution in [1.29, 1.82) is 0 Å². The van der Waals surface area contributed by atoms with E-state index in [4.69, 9.17) is 0 Å². The molecular formula is C48H52Cl2F6Zr-2. The van der Waals surface area contributed by atoms with Crippen LogP contribution in [0.1, 0.15) is 121 Å². The molecule has 4 aromatic carbocycles.